The minimum absolute atomic E-state index is 0.0220. The van der Waals surface area contributed by atoms with Crippen molar-refractivity contribution in [3.8, 4) is 11.1 Å². The SMILES string of the molecule is O=C(c1ccc2c(-c3ccc(C(F)(F)F)cc3)c[nH]c2c1)N1CC(N2CCN(C(=O)c3nccs3)CC2)C1. The molecule has 0 bridgehead atoms. The van der Waals surface area contributed by atoms with Gasteiger partial charge in [-0.2, -0.15) is 13.2 Å². The minimum Gasteiger partial charge on any atom is -0.361 e. The molecule has 0 spiro atoms. The highest BCUT2D eigenvalue weighted by Gasteiger charge is 2.37. The molecule has 0 aliphatic carbocycles. The molecule has 0 radical (unpaired) electrons. The van der Waals surface area contributed by atoms with Gasteiger partial charge in [0, 0.05) is 85.1 Å². The van der Waals surface area contributed by atoms with Crippen LogP contribution in [0.2, 0.25) is 0 Å². The van der Waals surface area contributed by atoms with E-state index in [0.717, 1.165) is 41.7 Å². The van der Waals surface area contributed by atoms with Gasteiger partial charge in [0.25, 0.3) is 11.8 Å². The summed E-state index contributed by atoms with van der Waals surface area (Å²) in [6.07, 6.45) is -0.987. The number of nitrogens with zero attached hydrogens (tertiary/aromatic N) is 4. The number of carbonyl (C=O) groups excluding carboxylic acids is 2. The van der Waals surface area contributed by atoms with Crippen molar-refractivity contribution in [3.63, 3.8) is 0 Å². The molecule has 2 aliphatic heterocycles. The third-order valence-corrected chi connectivity index (χ3v) is 8.10. The van der Waals surface area contributed by atoms with E-state index in [2.05, 4.69) is 14.9 Å². The molecule has 2 aliphatic rings. The van der Waals surface area contributed by atoms with E-state index in [0.29, 0.717) is 42.3 Å². The number of thiazole rings is 1. The number of likely N-dealkylation sites (tertiary alicyclic amines) is 1. The lowest BCUT2D eigenvalue weighted by Gasteiger charge is -2.48. The molecule has 0 atom stereocenters. The highest BCUT2D eigenvalue weighted by Crippen LogP contribution is 2.34. The van der Waals surface area contributed by atoms with Crippen LogP contribution in [0.3, 0.4) is 0 Å². The van der Waals surface area contributed by atoms with Crippen LogP contribution < -0.4 is 0 Å². The van der Waals surface area contributed by atoms with Crippen LogP contribution in [-0.2, 0) is 6.18 Å². The summed E-state index contributed by atoms with van der Waals surface area (Å²) in [5, 5.41) is 3.16. The van der Waals surface area contributed by atoms with Crippen molar-refractivity contribution < 1.29 is 22.8 Å². The molecule has 2 saturated heterocycles. The maximum absolute atomic E-state index is 13.1. The molecule has 7 nitrogen and oxygen atoms in total. The van der Waals surface area contributed by atoms with E-state index in [1.165, 1.54) is 23.5 Å². The van der Waals surface area contributed by atoms with Crippen LogP contribution in [0.25, 0.3) is 22.0 Å². The van der Waals surface area contributed by atoms with Crippen LogP contribution in [0.1, 0.15) is 25.7 Å². The number of rotatable bonds is 4. The maximum atomic E-state index is 13.1. The molecule has 0 unspecified atom stereocenters. The number of benzene rings is 2. The maximum Gasteiger partial charge on any atom is 0.416 e. The fourth-order valence-electron chi connectivity index (χ4n) is 5.13. The zero-order valence-corrected chi connectivity index (χ0v) is 21.1. The number of hydrogen-bond donors (Lipinski definition) is 1. The van der Waals surface area contributed by atoms with Crippen molar-refractivity contribution in [3.05, 3.63) is 76.4 Å². The summed E-state index contributed by atoms with van der Waals surface area (Å²) in [6.45, 7) is 4.11. The van der Waals surface area contributed by atoms with Crippen LogP contribution >= 0.6 is 11.3 Å². The zero-order valence-electron chi connectivity index (χ0n) is 20.2. The largest absolute Gasteiger partial charge is 0.416 e. The summed E-state index contributed by atoms with van der Waals surface area (Å²) in [4.78, 5) is 38.9. The van der Waals surface area contributed by atoms with E-state index in [-0.39, 0.29) is 17.9 Å². The molecule has 2 amide bonds. The summed E-state index contributed by atoms with van der Waals surface area (Å²) < 4.78 is 38.7. The lowest BCUT2D eigenvalue weighted by atomic mass is 10.0. The molecule has 4 aromatic rings. The molecule has 11 heteroatoms. The van der Waals surface area contributed by atoms with Crippen LogP contribution in [-0.4, -0.2) is 81.8 Å². The van der Waals surface area contributed by atoms with Gasteiger partial charge in [0.15, 0.2) is 5.01 Å². The fraction of sp³-hybridized carbons (Fsp3) is 0.296. The first kappa shape index (κ1) is 24.6. The van der Waals surface area contributed by atoms with E-state index in [9.17, 15) is 22.8 Å². The predicted molar refractivity (Wildman–Crippen MR) is 138 cm³/mol. The molecule has 6 rings (SSSR count). The Morgan fingerprint density at radius 2 is 1.68 bits per heavy atom. The molecule has 1 N–H and O–H groups in total. The Labute approximate surface area is 220 Å². The molecular formula is C27H24F3N5O2S. The van der Waals surface area contributed by atoms with Gasteiger partial charge in [-0.3, -0.25) is 14.5 Å². The highest BCUT2D eigenvalue weighted by molar-refractivity contribution is 7.11. The Hall–Kier alpha value is -3.70. The van der Waals surface area contributed by atoms with Gasteiger partial charge >= 0.3 is 6.18 Å². The standard InChI is InChI=1S/C27H24F3N5O2S/c28-27(29,30)19-4-1-17(2-5-19)22-14-32-23-13-18(3-6-21(22)23)25(36)35-15-20(16-35)33-8-10-34(11-9-33)26(37)24-31-7-12-38-24/h1-7,12-14,20,32H,8-11,15-16H2. The monoisotopic (exact) mass is 539 g/mol. The zero-order chi connectivity index (χ0) is 26.4. The van der Waals surface area contributed by atoms with Crippen LogP contribution in [0.15, 0.2) is 60.2 Å². The average Bonchev–Trinajstić information content (AvgIpc) is 3.57. The Balaban J connectivity index is 1.06. The predicted octanol–water partition coefficient (Wildman–Crippen LogP) is 4.59. The number of piperazine rings is 1. The molecule has 2 aromatic carbocycles. The summed E-state index contributed by atoms with van der Waals surface area (Å²) in [5.41, 5.74) is 2.08. The van der Waals surface area contributed by atoms with Crippen LogP contribution in [0, 0.1) is 0 Å². The first-order chi connectivity index (χ1) is 18.3. The second-order valence-electron chi connectivity index (χ2n) is 9.57. The number of hydrogen-bond acceptors (Lipinski definition) is 5. The summed E-state index contributed by atoms with van der Waals surface area (Å²) >= 11 is 1.35. The van der Waals surface area contributed by atoms with Crippen molar-refractivity contribution in [2.45, 2.75) is 12.2 Å². The Morgan fingerprint density at radius 1 is 0.947 bits per heavy atom. The molecule has 2 fully saturated rings. The molecule has 4 heterocycles. The lowest BCUT2D eigenvalue weighted by molar-refractivity contribution is -0.137. The number of aromatic nitrogens is 2. The second-order valence-corrected chi connectivity index (χ2v) is 10.5. The fourth-order valence-corrected chi connectivity index (χ4v) is 5.73. The second kappa shape index (κ2) is 9.55. The number of H-pyrrole nitrogens is 1. The average molecular weight is 540 g/mol. The van der Waals surface area contributed by atoms with Crippen molar-refractivity contribution in [1.82, 2.24) is 24.7 Å². The third kappa shape index (κ3) is 4.56. The van der Waals surface area contributed by atoms with E-state index in [4.69, 9.17) is 0 Å². The van der Waals surface area contributed by atoms with Gasteiger partial charge in [0.05, 0.1) is 5.56 Å². The quantitative estimate of drug-likeness (QED) is 0.412. The van der Waals surface area contributed by atoms with E-state index < -0.39 is 11.7 Å². The van der Waals surface area contributed by atoms with Crippen LogP contribution in [0.5, 0.6) is 0 Å². The number of carbonyl (C=O) groups is 2. The number of alkyl halides is 3. The number of halogens is 3. The molecule has 196 valence electrons. The van der Waals surface area contributed by atoms with Gasteiger partial charge in [0.2, 0.25) is 0 Å². The summed E-state index contributed by atoms with van der Waals surface area (Å²) in [5.74, 6) is -0.0716. The van der Waals surface area contributed by atoms with E-state index in [1.54, 1.807) is 29.9 Å². The number of aromatic amines is 1. The number of fused-ring (bicyclic) bond motifs is 1. The van der Waals surface area contributed by atoms with Crippen molar-refractivity contribution in [2.24, 2.45) is 0 Å². The number of nitrogens with one attached hydrogen (secondary N) is 1. The lowest BCUT2D eigenvalue weighted by Crippen LogP contribution is -2.64. The Bertz CT molecular complexity index is 1470. The smallest absolute Gasteiger partial charge is 0.361 e. The Kier molecular flexibility index (Phi) is 6.19. The van der Waals surface area contributed by atoms with E-state index >= 15 is 0 Å². The van der Waals surface area contributed by atoms with Gasteiger partial charge in [-0.25, -0.2) is 4.98 Å². The van der Waals surface area contributed by atoms with Crippen LogP contribution in [0.4, 0.5) is 13.2 Å². The Morgan fingerprint density at radius 3 is 2.34 bits per heavy atom. The summed E-state index contributed by atoms with van der Waals surface area (Å²) in [6, 6.07) is 10.7. The molecular weight excluding hydrogens is 515 g/mol. The van der Waals surface area contributed by atoms with Gasteiger partial charge in [0.1, 0.15) is 0 Å². The van der Waals surface area contributed by atoms with Crippen molar-refractivity contribution >= 4 is 34.1 Å². The molecule has 0 saturated carbocycles. The molecule has 2 aromatic heterocycles. The van der Waals surface area contributed by atoms with Gasteiger partial charge in [-0.15, -0.1) is 11.3 Å². The van der Waals surface area contributed by atoms with Crippen molar-refractivity contribution in [2.75, 3.05) is 39.3 Å². The normalized spacial score (nSPS) is 17.1. The van der Waals surface area contributed by atoms with Gasteiger partial charge < -0.3 is 14.8 Å². The highest BCUT2D eigenvalue weighted by atomic mass is 32.1. The first-order valence-corrected chi connectivity index (χ1v) is 13.2. The minimum atomic E-state index is -4.38. The molecule has 38 heavy (non-hydrogen) atoms. The van der Waals surface area contributed by atoms with Gasteiger partial charge in [-0.1, -0.05) is 18.2 Å². The number of amides is 2. The van der Waals surface area contributed by atoms with Gasteiger partial charge in [-0.05, 0) is 29.8 Å². The third-order valence-electron chi connectivity index (χ3n) is 7.33. The van der Waals surface area contributed by atoms with Crippen molar-refractivity contribution in [1.29, 1.82) is 0 Å². The van der Waals surface area contributed by atoms with E-state index in [1.807, 2.05) is 15.9 Å². The topological polar surface area (TPSA) is 72.5 Å². The summed E-state index contributed by atoms with van der Waals surface area (Å²) in [7, 11) is 0. The first-order valence-electron chi connectivity index (χ1n) is 12.3.